The highest BCUT2D eigenvalue weighted by Gasteiger charge is 2.35. The van der Waals surface area contributed by atoms with Crippen LogP contribution in [0.1, 0.15) is 37.6 Å². The molecule has 0 saturated carbocycles. The van der Waals surface area contributed by atoms with Crippen molar-refractivity contribution in [3.05, 3.63) is 77.8 Å². The summed E-state index contributed by atoms with van der Waals surface area (Å²) in [6, 6.07) is 8.23. The Morgan fingerprint density at radius 2 is 1.79 bits per heavy atom. The zero-order chi connectivity index (χ0) is 27.0. The Morgan fingerprint density at radius 3 is 2.55 bits per heavy atom. The third-order valence-corrected chi connectivity index (χ3v) is 5.86. The molecule has 0 fully saturated rings. The minimum absolute atomic E-state index is 0.000127. The van der Waals surface area contributed by atoms with Gasteiger partial charge in [-0.15, -0.1) is 0 Å². The second-order valence-electron chi connectivity index (χ2n) is 8.52. The molecule has 0 aliphatic carbocycles. The van der Waals surface area contributed by atoms with E-state index in [1.54, 1.807) is 6.92 Å². The Labute approximate surface area is 213 Å². The molecule has 0 amide bonds. The molecule has 1 atom stereocenters. The number of ether oxygens (including phenoxy) is 1. The van der Waals surface area contributed by atoms with E-state index in [4.69, 9.17) is 9.26 Å². The highest BCUT2D eigenvalue weighted by Crippen LogP contribution is 2.39. The van der Waals surface area contributed by atoms with Gasteiger partial charge in [0.05, 0.1) is 30.1 Å². The molecule has 2 aliphatic rings. The molecule has 38 heavy (non-hydrogen) atoms. The van der Waals surface area contributed by atoms with Crippen LogP contribution in [0.5, 0.6) is 5.75 Å². The molecule has 0 saturated heterocycles. The molecule has 7 nitrogen and oxygen atoms in total. The average Bonchev–Trinajstić information content (AvgIpc) is 3.55. The van der Waals surface area contributed by atoms with Crippen molar-refractivity contribution < 1.29 is 31.2 Å². The van der Waals surface area contributed by atoms with Crippen molar-refractivity contribution in [1.82, 2.24) is 24.9 Å². The van der Waals surface area contributed by atoms with E-state index in [-0.39, 0.29) is 34.2 Å². The largest absolute Gasteiger partial charge is 0.494 e. The lowest BCUT2D eigenvalue weighted by Crippen LogP contribution is -2.10. The third kappa shape index (κ3) is 4.81. The number of halogens is 5. The molecule has 0 radical (unpaired) electrons. The number of nitrogens with zero attached hydrogens (tertiary/aromatic N) is 5. The highest BCUT2D eigenvalue weighted by molar-refractivity contribution is 5.67. The van der Waals surface area contributed by atoms with Gasteiger partial charge in [0.1, 0.15) is 28.9 Å². The standard InChI is InChI=1S/C26H20F5N5O2/c1-3-9-37-15-7-8-16(18(10-15)26(29,30)31)20-11-23(38-35-20)14(2)36-13-22-21(12-32-36)33-25(34-22)17-5-4-6-19(27)24(17)28/h4-8,10-14H,3,9H2,1-2H3. The van der Waals surface area contributed by atoms with Gasteiger partial charge < -0.3 is 9.26 Å². The maximum absolute atomic E-state index is 14.2. The summed E-state index contributed by atoms with van der Waals surface area (Å²) in [6.45, 7) is 3.86. The number of rotatable bonds is 7. The molecule has 0 N–H and O–H groups in total. The van der Waals surface area contributed by atoms with Crippen molar-refractivity contribution in [2.24, 2.45) is 0 Å². The number of hydrogen-bond acceptors (Lipinski definition) is 6. The molecule has 1 aromatic heterocycles. The fraction of sp³-hybridized carbons (Fsp3) is 0.231. The number of benzene rings is 2. The van der Waals surface area contributed by atoms with Crippen molar-refractivity contribution >= 4 is 0 Å². The fourth-order valence-electron chi connectivity index (χ4n) is 3.88. The number of aromatic nitrogens is 5. The minimum atomic E-state index is -4.64. The van der Waals surface area contributed by atoms with Crippen LogP contribution in [0.25, 0.3) is 34.0 Å². The molecule has 2 aromatic carbocycles. The van der Waals surface area contributed by atoms with Crippen LogP contribution in [0.4, 0.5) is 22.0 Å². The van der Waals surface area contributed by atoms with Gasteiger partial charge in [-0.05, 0) is 43.7 Å². The second kappa shape index (κ2) is 9.84. The Balaban J connectivity index is 1.45. The lowest BCUT2D eigenvalue weighted by molar-refractivity contribution is -0.137. The Hall–Kier alpha value is -4.35. The number of fused-ring (bicyclic) bond motifs is 1. The second-order valence-corrected chi connectivity index (χ2v) is 8.52. The lowest BCUT2D eigenvalue weighted by Gasteiger charge is -2.13. The highest BCUT2D eigenvalue weighted by atomic mass is 19.4. The molecule has 0 spiro atoms. The topological polar surface area (TPSA) is 78.9 Å². The third-order valence-electron chi connectivity index (χ3n) is 5.86. The maximum Gasteiger partial charge on any atom is 0.417 e. The smallest absolute Gasteiger partial charge is 0.417 e. The Morgan fingerprint density at radius 1 is 1.00 bits per heavy atom. The van der Waals surface area contributed by atoms with Crippen molar-refractivity contribution in [1.29, 1.82) is 0 Å². The van der Waals surface area contributed by atoms with Crippen molar-refractivity contribution in [3.8, 4) is 39.8 Å². The first-order chi connectivity index (χ1) is 18.2. The van der Waals surface area contributed by atoms with Gasteiger partial charge in [0.2, 0.25) is 0 Å². The summed E-state index contributed by atoms with van der Waals surface area (Å²) >= 11 is 0. The molecule has 196 valence electrons. The minimum Gasteiger partial charge on any atom is -0.494 e. The van der Waals surface area contributed by atoms with E-state index >= 15 is 0 Å². The maximum atomic E-state index is 14.2. The summed E-state index contributed by atoms with van der Waals surface area (Å²) in [7, 11) is 0. The first kappa shape index (κ1) is 25.3. The quantitative estimate of drug-likeness (QED) is 0.216. The SMILES string of the molecule is CCCOc1ccc(-c2cc(C(C)n3cc4nc(-c5cccc(F)c5F)nc-4cn3)on2)c(C(F)(F)F)c1. The van der Waals surface area contributed by atoms with Gasteiger partial charge in [-0.2, -0.15) is 18.3 Å². The first-order valence-electron chi connectivity index (χ1n) is 11.6. The van der Waals surface area contributed by atoms with Gasteiger partial charge in [-0.1, -0.05) is 18.1 Å². The van der Waals surface area contributed by atoms with E-state index < -0.39 is 29.4 Å². The zero-order valence-corrected chi connectivity index (χ0v) is 20.1. The van der Waals surface area contributed by atoms with Gasteiger partial charge in [0.15, 0.2) is 23.2 Å². The normalized spacial score (nSPS) is 12.7. The Bertz CT molecular complexity index is 1560. The zero-order valence-electron chi connectivity index (χ0n) is 20.1. The first-order valence-corrected chi connectivity index (χ1v) is 11.6. The van der Waals surface area contributed by atoms with Gasteiger partial charge >= 0.3 is 6.18 Å². The van der Waals surface area contributed by atoms with Gasteiger partial charge in [0.25, 0.3) is 0 Å². The molecule has 3 heterocycles. The van der Waals surface area contributed by atoms with Crippen LogP contribution in [0, 0.1) is 11.6 Å². The summed E-state index contributed by atoms with van der Waals surface area (Å²) in [5.41, 5.74) is -0.430. The Kier molecular flexibility index (Phi) is 6.55. The van der Waals surface area contributed by atoms with Crippen LogP contribution in [-0.2, 0) is 6.18 Å². The van der Waals surface area contributed by atoms with Crippen molar-refractivity contribution in [2.75, 3.05) is 6.61 Å². The average molecular weight is 529 g/mol. The number of hydrogen-bond donors (Lipinski definition) is 0. The van der Waals surface area contributed by atoms with Crippen LogP contribution in [0.2, 0.25) is 0 Å². The monoisotopic (exact) mass is 529 g/mol. The molecule has 2 aliphatic heterocycles. The van der Waals surface area contributed by atoms with Crippen LogP contribution in [0.3, 0.4) is 0 Å². The van der Waals surface area contributed by atoms with E-state index in [1.165, 1.54) is 47.4 Å². The van der Waals surface area contributed by atoms with Crippen molar-refractivity contribution in [2.45, 2.75) is 32.5 Å². The molecule has 5 rings (SSSR count). The summed E-state index contributed by atoms with van der Waals surface area (Å²) in [5.74, 6) is -1.73. The van der Waals surface area contributed by atoms with Gasteiger partial charge in [0, 0.05) is 11.6 Å². The van der Waals surface area contributed by atoms with Crippen LogP contribution in [0.15, 0.2) is 59.4 Å². The number of alkyl halides is 3. The predicted octanol–water partition coefficient (Wildman–Crippen LogP) is 6.80. The molecule has 0 bridgehead atoms. The number of imidazole rings is 1. The predicted molar refractivity (Wildman–Crippen MR) is 126 cm³/mol. The van der Waals surface area contributed by atoms with Gasteiger partial charge in [-0.25, -0.2) is 18.7 Å². The molecular weight excluding hydrogens is 509 g/mol. The van der Waals surface area contributed by atoms with E-state index in [0.29, 0.717) is 24.4 Å². The molecule has 3 aromatic rings. The van der Waals surface area contributed by atoms with E-state index in [0.717, 1.165) is 12.1 Å². The summed E-state index contributed by atoms with van der Waals surface area (Å²) in [6.07, 6.45) is -1.06. The van der Waals surface area contributed by atoms with Crippen LogP contribution >= 0.6 is 0 Å². The van der Waals surface area contributed by atoms with Crippen molar-refractivity contribution in [3.63, 3.8) is 0 Å². The van der Waals surface area contributed by atoms with E-state index in [2.05, 4.69) is 20.2 Å². The van der Waals surface area contributed by atoms with Crippen LogP contribution < -0.4 is 4.74 Å². The lowest BCUT2D eigenvalue weighted by atomic mass is 10.0. The van der Waals surface area contributed by atoms with E-state index in [1.807, 2.05) is 6.92 Å². The van der Waals surface area contributed by atoms with Gasteiger partial charge in [-0.3, -0.25) is 4.68 Å². The van der Waals surface area contributed by atoms with E-state index in [9.17, 15) is 22.0 Å². The summed E-state index contributed by atoms with van der Waals surface area (Å²) in [5, 5.41) is 8.13. The summed E-state index contributed by atoms with van der Waals surface area (Å²) in [4.78, 5) is 8.49. The summed E-state index contributed by atoms with van der Waals surface area (Å²) < 4.78 is 81.4. The van der Waals surface area contributed by atoms with Crippen LogP contribution in [-0.4, -0.2) is 31.5 Å². The molecule has 12 heteroatoms. The molecular formula is C26H20F5N5O2. The molecule has 1 unspecified atom stereocenters. The fourth-order valence-corrected chi connectivity index (χ4v) is 3.88.